The molecule has 0 amide bonds. The molecule has 0 aromatic carbocycles. The molecule has 4 heteroatoms. The lowest BCUT2D eigenvalue weighted by Gasteiger charge is -2.16. The van der Waals surface area contributed by atoms with Crippen LogP contribution in [0.1, 0.15) is 46.9 Å². The maximum atomic E-state index is 4.57. The van der Waals surface area contributed by atoms with Crippen LogP contribution in [0.2, 0.25) is 0 Å². The van der Waals surface area contributed by atoms with Crippen LogP contribution in [0.5, 0.6) is 0 Å². The van der Waals surface area contributed by atoms with E-state index in [4.69, 9.17) is 0 Å². The summed E-state index contributed by atoms with van der Waals surface area (Å²) in [5.41, 5.74) is 1.56. The molecule has 0 bridgehead atoms. The van der Waals surface area contributed by atoms with E-state index < -0.39 is 0 Å². The van der Waals surface area contributed by atoms with Gasteiger partial charge in [-0.2, -0.15) is 0 Å². The normalized spacial score (nSPS) is 15.7. The van der Waals surface area contributed by atoms with Gasteiger partial charge in [-0.3, -0.25) is 0 Å². The molecule has 0 aliphatic heterocycles. The molecule has 2 aromatic heterocycles. The molecular weight excluding hydrogens is 254 g/mol. The van der Waals surface area contributed by atoms with Crippen LogP contribution >= 0.6 is 11.3 Å². The quantitative estimate of drug-likeness (QED) is 0.908. The van der Waals surface area contributed by atoms with Gasteiger partial charge in [0, 0.05) is 28.7 Å². The molecule has 1 aliphatic carbocycles. The molecule has 2 heterocycles. The standard InChI is InChI=1S/C15H21N3S/c1-3-8-18-9-7-17-15(18)14(16-2)13-10-11-5-4-6-12(11)19-13/h7,9-10,14,16H,3-6,8H2,1-2H3. The fourth-order valence-electron chi connectivity index (χ4n) is 2.90. The minimum atomic E-state index is 0.233. The van der Waals surface area contributed by atoms with Crippen molar-refractivity contribution in [1.82, 2.24) is 14.9 Å². The summed E-state index contributed by atoms with van der Waals surface area (Å²) >= 11 is 1.96. The van der Waals surface area contributed by atoms with Gasteiger partial charge in [-0.1, -0.05) is 6.92 Å². The van der Waals surface area contributed by atoms with Crippen LogP contribution in [0, 0.1) is 0 Å². The predicted molar refractivity (Wildman–Crippen MR) is 79.8 cm³/mol. The molecule has 19 heavy (non-hydrogen) atoms. The van der Waals surface area contributed by atoms with E-state index >= 15 is 0 Å². The van der Waals surface area contributed by atoms with Crippen LogP contribution in [0.4, 0.5) is 0 Å². The maximum absolute atomic E-state index is 4.57. The van der Waals surface area contributed by atoms with Crippen LogP contribution in [-0.2, 0) is 19.4 Å². The van der Waals surface area contributed by atoms with Crippen molar-refractivity contribution < 1.29 is 0 Å². The van der Waals surface area contributed by atoms with E-state index in [1.54, 1.807) is 10.4 Å². The molecule has 0 saturated heterocycles. The number of aromatic nitrogens is 2. The second kappa shape index (κ2) is 5.47. The van der Waals surface area contributed by atoms with E-state index in [2.05, 4.69) is 34.1 Å². The van der Waals surface area contributed by atoms with Crippen molar-refractivity contribution in [2.24, 2.45) is 0 Å². The molecule has 0 spiro atoms. The molecule has 2 aromatic rings. The van der Waals surface area contributed by atoms with Gasteiger partial charge in [0.15, 0.2) is 0 Å². The lowest BCUT2D eigenvalue weighted by atomic mass is 10.2. The minimum absolute atomic E-state index is 0.233. The Morgan fingerprint density at radius 1 is 1.47 bits per heavy atom. The number of aryl methyl sites for hydroxylation is 3. The number of imidazole rings is 1. The number of hydrogen-bond donors (Lipinski definition) is 1. The Hall–Kier alpha value is -1.13. The van der Waals surface area contributed by atoms with Gasteiger partial charge in [-0.05, 0) is 44.4 Å². The first-order chi connectivity index (χ1) is 9.33. The van der Waals surface area contributed by atoms with E-state index in [1.165, 1.54) is 24.1 Å². The summed E-state index contributed by atoms with van der Waals surface area (Å²) in [5.74, 6) is 1.14. The SMILES string of the molecule is CCCn1ccnc1C(NC)c1cc2c(s1)CCC2. The Kier molecular flexibility index (Phi) is 3.71. The average Bonchev–Trinajstić information content (AvgIpc) is 3.07. The van der Waals surface area contributed by atoms with Crippen molar-refractivity contribution in [1.29, 1.82) is 0 Å². The smallest absolute Gasteiger partial charge is 0.131 e. The molecule has 0 radical (unpaired) electrons. The van der Waals surface area contributed by atoms with E-state index in [0.717, 1.165) is 18.8 Å². The van der Waals surface area contributed by atoms with Crippen LogP contribution in [0.25, 0.3) is 0 Å². The van der Waals surface area contributed by atoms with Crippen molar-refractivity contribution >= 4 is 11.3 Å². The lowest BCUT2D eigenvalue weighted by Crippen LogP contribution is -2.21. The Balaban J connectivity index is 1.92. The Bertz CT molecular complexity index is 534. The third kappa shape index (κ3) is 2.35. The number of thiophene rings is 1. The van der Waals surface area contributed by atoms with Crippen molar-refractivity contribution in [3.8, 4) is 0 Å². The summed E-state index contributed by atoms with van der Waals surface area (Å²) in [6, 6.07) is 2.62. The fraction of sp³-hybridized carbons (Fsp3) is 0.533. The summed E-state index contributed by atoms with van der Waals surface area (Å²) < 4.78 is 2.27. The fourth-order valence-corrected chi connectivity index (χ4v) is 4.27. The average molecular weight is 275 g/mol. The Morgan fingerprint density at radius 3 is 3.11 bits per heavy atom. The molecule has 102 valence electrons. The maximum Gasteiger partial charge on any atom is 0.131 e. The van der Waals surface area contributed by atoms with Crippen LogP contribution in [0.3, 0.4) is 0 Å². The van der Waals surface area contributed by atoms with Crippen molar-refractivity contribution in [2.45, 2.75) is 45.2 Å². The third-order valence-corrected chi connectivity index (χ3v) is 5.11. The van der Waals surface area contributed by atoms with Gasteiger partial charge in [0.05, 0.1) is 0 Å². The molecule has 3 nitrogen and oxygen atoms in total. The van der Waals surface area contributed by atoms with Gasteiger partial charge < -0.3 is 9.88 Å². The Labute approximate surface area is 118 Å². The van der Waals surface area contributed by atoms with Gasteiger partial charge in [0.25, 0.3) is 0 Å². The highest BCUT2D eigenvalue weighted by Crippen LogP contribution is 2.35. The minimum Gasteiger partial charge on any atom is -0.333 e. The topological polar surface area (TPSA) is 29.9 Å². The summed E-state index contributed by atoms with van der Waals surface area (Å²) in [5, 5.41) is 3.44. The summed E-state index contributed by atoms with van der Waals surface area (Å²) in [6.07, 6.45) is 8.99. The number of nitrogens with zero attached hydrogens (tertiary/aromatic N) is 2. The van der Waals surface area contributed by atoms with Crippen molar-refractivity contribution in [3.63, 3.8) is 0 Å². The number of hydrogen-bond acceptors (Lipinski definition) is 3. The Morgan fingerprint density at radius 2 is 2.37 bits per heavy atom. The van der Waals surface area contributed by atoms with Crippen LogP contribution in [0.15, 0.2) is 18.5 Å². The molecule has 0 saturated carbocycles. The molecule has 1 aliphatic rings. The summed E-state index contributed by atoms with van der Waals surface area (Å²) in [7, 11) is 2.03. The van der Waals surface area contributed by atoms with E-state index in [0.29, 0.717) is 0 Å². The van der Waals surface area contributed by atoms with Gasteiger partial charge >= 0.3 is 0 Å². The van der Waals surface area contributed by atoms with Crippen LogP contribution in [-0.4, -0.2) is 16.6 Å². The first-order valence-electron chi connectivity index (χ1n) is 7.13. The molecule has 1 atom stereocenters. The number of rotatable bonds is 5. The third-order valence-electron chi connectivity index (χ3n) is 3.81. The zero-order chi connectivity index (χ0) is 13.2. The molecule has 1 N–H and O–H groups in total. The summed E-state index contributed by atoms with van der Waals surface area (Å²) in [6.45, 7) is 3.25. The predicted octanol–water partition coefficient (Wildman–Crippen LogP) is 3.15. The van der Waals surface area contributed by atoms with Gasteiger partial charge in [-0.25, -0.2) is 4.98 Å². The van der Waals surface area contributed by atoms with Crippen molar-refractivity contribution in [2.75, 3.05) is 7.05 Å². The van der Waals surface area contributed by atoms with Crippen LogP contribution < -0.4 is 5.32 Å². The van der Waals surface area contributed by atoms with Gasteiger partial charge in [0.2, 0.25) is 0 Å². The van der Waals surface area contributed by atoms with E-state index in [9.17, 15) is 0 Å². The molecule has 1 unspecified atom stereocenters. The van der Waals surface area contributed by atoms with Crippen molar-refractivity contribution in [3.05, 3.63) is 39.6 Å². The summed E-state index contributed by atoms with van der Waals surface area (Å²) in [4.78, 5) is 7.57. The molecular formula is C15H21N3S. The largest absolute Gasteiger partial charge is 0.333 e. The number of nitrogens with one attached hydrogen (secondary N) is 1. The highest BCUT2D eigenvalue weighted by molar-refractivity contribution is 7.12. The highest BCUT2D eigenvalue weighted by atomic mass is 32.1. The molecule has 3 rings (SSSR count). The molecule has 0 fully saturated rings. The highest BCUT2D eigenvalue weighted by Gasteiger charge is 2.23. The second-order valence-electron chi connectivity index (χ2n) is 5.15. The zero-order valence-electron chi connectivity index (χ0n) is 11.6. The monoisotopic (exact) mass is 275 g/mol. The van der Waals surface area contributed by atoms with E-state index in [1.807, 2.05) is 24.6 Å². The van der Waals surface area contributed by atoms with Gasteiger partial charge in [-0.15, -0.1) is 11.3 Å². The zero-order valence-corrected chi connectivity index (χ0v) is 12.5. The second-order valence-corrected chi connectivity index (χ2v) is 6.32. The lowest BCUT2D eigenvalue weighted by molar-refractivity contribution is 0.573. The first-order valence-corrected chi connectivity index (χ1v) is 7.95. The first kappa shape index (κ1) is 12.9. The van der Waals surface area contributed by atoms with E-state index in [-0.39, 0.29) is 6.04 Å². The van der Waals surface area contributed by atoms with Gasteiger partial charge in [0.1, 0.15) is 11.9 Å². The number of fused-ring (bicyclic) bond motifs is 1.